The Hall–Kier alpha value is -0.610. The Kier molecular flexibility index (Phi) is 7.21. The average molecular weight is 241 g/mol. The second-order valence-corrected chi connectivity index (χ2v) is 4.78. The standard InChI is InChI=1S/C13H27N3O/c1-3-10-16(4-2)11-9-14-8-7-13(17)15-12-5-6-12/h12,14H,3-11H2,1-2H3,(H,15,17). The average Bonchev–Trinajstić information content (AvgIpc) is 3.11. The Morgan fingerprint density at radius 2 is 2.00 bits per heavy atom. The number of nitrogens with one attached hydrogen (secondary N) is 2. The predicted octanol–water partition coefficient (Wildman–Crippen LogP) is 0.977. The van der Waals surface area contributed by atoms with E-state index in [0.29, 0.717) is 12.5 Å². The van der Waals surface area contributed by atoms with E-state index < -0.39 is 0 Å². The summed E-state index contributed by atoms with van der Waals surface area (Å²) in [6.45, 7) is 9.52. The first-order chi connectivity index (χ1) is 8.26. The Labute approximate surface area is 105 Å². The highest BCUT2D eigenvalue weighted by Crippen LogP contribution is 2.18. The normalized spacial score (nSPS) is 15.2. The second-order valence-electron chi connectivity index (χ2n) is 4.78. The van der Waals surface area contributed by atoms with Crippen LogP contribution >= 0.6 is 0 Å². The molecule has 1 aliphatic carbocycles. The van der Waals surface area contributed by atoms with Crippen molar-refractivity contribution in [3.05, 3.63) is 0 Å². The molecular weight excluding hydrogens is 214 g/mol. The third-order valence-electron chi connectivity index (χ3n) is 3.06. The summed E-state index contributed by atoms with van der Waals surface area (Å²) in [6, 6.07) is 0.489. The van der Waals surface area contributed by atoms with E-state index in [0.717, 1.165) is 26.2 Å². The van der Waals surface area contributed by atoms with Gasteiger partial charge in [-0.2, -0.15) is 0 Å². The van der Waals surface area contributed by atoms with Crippen LogP contribution in [0.5, 0.6) is 0 Å². The zero-order valence-corrected chi connectivity index (χ0v) is 11.3. The maximum absolute atomic E-state index is 11.4. The van der Waals surface area contributed by atoms with Gasteiger partial charge in [-0.05, 0) is 32.4 Å². The van der Waals surface area contributed by atoms with Crippen LogP contribution in [0.4, 0.5) is 0 Å². The van der Waals surface area contributed by atoms with Gasteiger partial charge < -0.3 is 15.5 Å². The third-order valence-corrected chi connectivity index (χ3v) is 3.06. The summed E-state index contributed by atoms with van der Waals surface area (Å²) in [4.78, 5) is 13.8. The lowest BCUT2D eigenvalue weighted by Crippen LogP contribution is -2.34. The van der Waals surface area contributed by atoms with Crippen LogP contribution in [-0.4, -0.2) is 49.6 Å². The fourth-order valence-corrected chi connectivity index (χ4v) is 1.84. The minimum Gasteiger partial charge on any atom is -0.353 e. The van der Waals surface area contributed by atoms with Crippen LogP contribution in [0.3, 0.4) is 0 Å². The van der Waals surface area contributed by atoms with Crippen molar-refractivity contribution in [1.29, 1.82) is 0 Å². The molecule has 1 fully saturated rings. The summed E-state index contributed by atoms with van der Waals surface area (Å²) in [5.41, 5.74) is 0. The smallest absolute Gasteiger partial charge is 0.221 e. The molecule has 0 heterocycles. The largest absolute Gasteiger partial charge is 0.353 e. The lowest BCUT2D eigenvalue weighted by molar-refractivity contribution is -0.121. The van der Waals surface area contributed by atoms with E-state index in [9.17, 15) is 4.79 Å². The van der Waals surface area contributed by atoms with Gasteiger partial charge in [0.25, 0.3) is 0 Å². The predicted molar refractivity (Wildman–Crippen MR) is 71.1 cm³/mol. The molecule has 0 bridgehead atoms. The van der Waals surface area contributed by atoms with E-state index in [2.05, 4.69) is 29.4 Å². The van der Waals surface area contributed by atoms with Crippen LogP contribution in [0.2, 0.25) is 0 Å². The fourth-order valence-electron chi connectivity index (χ4n) is 1.84. The summed E-state index contributed by atoms with van der Waals surface area (Å²) in [7, 11) is 0. The Morgan fingerprint density at radius 1 is 1.24 bits per heavy atom. The first-order valence-corrected chi connectivity index (χ1v) is 6.98. The number of likely N-dealkylation sites (N-methyl/N-ethyl adjacent to an activating group) is 1. The van der Waals surface area contributed by atoms with Crippen molar-refractivity contribution in [3.63, 3.8) is 0 Å². The van der Waals surface area contributed by atoms with Gasteiger partial charge in [0.1, 0.15) is 0 Å². The number of nitrogens with zero attached hydrogens (tertiary/aromatic N) is 1. The molecule has 4 heteroatoms. The first-order valence-electron chi connectivity index (χ1n) is 6.98. The maximum Gasteiger partial charge on any atom is 0.221 e. The topological polar surface area (TPSA) is 44.4 Å². The highest BCUT2D eigenvalue weighted by Gasteiger charge is 2.22. The van der Waals surface area contributed by atoms with Crippen molar-refractivity contribution in [2.75, 3.05) is 32.7 Å². The Balaban J connectivity index is 1.90. The Morgan fingerprint density at radius 3 is 2.59 bits per heavy atom. The van der Waals surface area contributed by atoms with Crippen LogP contribution in [0.1, 0.15) is 39.5 Å². The minimum absolute atomic E-state index is 0.195. The SMILES string of the molecule is CCCN(CC)CCNCCC(=O)NC1CC1. The molecule has 0 aromatic rings. The highest BCUT2D eigenvalue weighted by molar-refractivity contribution is 5.76. The molecule has 0 radical (unpaired) electrons. The van der Waals surface area contributed by atoms with Gasteiger partial charge in [-0.15, -0.1) is 0 Å². The molecule has 0 aromatic heterocycles. The number of hydrogen-bond acceptors (Lipinski definition) is 3. The van der Waals surface area contributed by atoms with Crippen LogP contribution in [0, 0.1) is 0 Å². The molecule has 17 heavy (non-hydrogen) atoms. The lowest BCUT2D eigenvalue weighted by atomic mass is 10.3. The summed E-state index contributed by atoms with van der Waals surface area (Å²) in [6.07, 6.45) is 4.15. The van der Waals surface area contributed by atoms with Crippen LogP contribution in [0.25, 0.3) is 0 Å². The van der Waals surface area contributed by atoms with E-state index >= 15 is 0 Å². The summed E-state index contributed by atoms with van der Waals surface area (Å²) in [5.74, 6) is 0.195. The fraction of sp³-hybridized carbons (Fsp3) is 0.923. The van der Waals surface area contributed by atoms with Gasteiger partial charge in [-0.3, -0.25) is 4.79 Å². The molecule has 1 rings (SSSR count). The van der Waals surface area contributed by atoms with Gasteiger partial charge in [0.15, 0.2) is 0 Å². The van der Waals surface area contributed by atoms with Gasteiger partial charge in [0.05, 0.1) is 0 Å². The molecule has 2 N–H and O–H groups in total. The van der Waals surface area contributed by atoms with E-state index in [1.165, 1.54) is 25.8 Å². The van der Waals surface area contributed by atoms with Gasteiger partial charge >= 0.3 is 0 Å². The zero-order valence-electron chi connectivity index (χ0n) is 11.3. The minimum atomic E-state index is 0.195. The number of carbonyl (C=O) groups is 1. The third kappa shape index (κ3) is 7.34. The maximum atomic E-state index is 11.4. The van der Waals surface area contributed by atoms with Crippen LogP contribution < -0.4 is 10.6 Å². The summed E-state index contributed by atoms with van der Waals surface area (Å²) < 4.78 is 0. The lowest BCUT2D eigenvalue weighted by Gasteiger charge is -2.19. The molecular formula is C13H27N3O. The van der Waals surface area contributed by atoms with Gasteiger partial charge in [0, 0.05) is 32.1 Å². The molecule has 1 aliphatic rings. The van der Waals surface area contributed by atoms with Crippen LogP contribution in [0.15, 0.2) is 0 Å². The van der Waals surface area contributed by atoms with Crippen molar-refractivity contribution in [3.8, 4) is 0 Å². The quantitative estimate of drug-likeness (QED) is 0.560. The number of rotatable bonds is 10. The van der Waals surface area contributed by atoms with Crippen molar-refractivity contribution >= 4 is 5.91 Å². The van der Waals surface area contributed by atoms with E-state index in [-0.39, 0.29) is 5.91 Å². The molecule has 0 aliphatic heterocycles. The molecule has 0 spiro atoms. The Bertz CT molecular complexity index is 217. The summed E-state index contributed by atoms with van der Waals surface area (Å²) in [5, 5.41) is 6.33. The van der Waals surface area contributed by atoms with Gasteiger partial charge in [-0.25, -0.2) is 0 Å². The number of carbonyl (C=O) groups excluding carboxylic acids is 1. The molecule has 1 saturated carbocycles. The molecule has 1 amide bonds. The highest BCUT2D eigenvalue weighted by atomic mass is 16.1. The molecule has 0 unspecified atom stereocenters. The number of hydrogen-bond donors (Lipinski definition) is 2. The molecule has 4 nitrogen and oxygen atoms in total. The summed E-state index contributed by atoms with van der Waals surface area (Å²) >= 11 is 0. The van der Waals surface area contributed by atoms with E-state index in [1.54, 1.807) is 0 Å². The van der Waals surface area contributed by atoms with Crippen molar-refractivity contribution in [1.82, 2.24) is 15.5 Å². The van der Waals surface area contributed by atoms with Crippen molar-refractivity contribution < 1.29 is 4.79 Å². The second kappa shape index (κ2) is 8.48. The van der Waals surface area contributed by atoms with Crippen molar-refractivity contribution in [2.24, 2.45) is 0 Å². The first kappa shape index (κ1) is 14.5. The zero-order chi connectivity index (χ0) is 12.5. The monoisotopic (exact) mass is 241 g/mol. The van der Waals surface area contributed by atoms with E-state index in [1.807, 2.05) is 0 Å². The van der Waals surface area contributed by atoms with E-state index in [4.69, 9.17) is 0 Å². The molecule has 0 saturated heterocycles. The van der Waals surface area contributed by atoms with Crippen LogP contribution in [-0.2, 0) is 4.79 Å². The number of amides is 1. The van der Waals surface area contributed by atoms with Crippen molar-refractivity contribution in [2.45, 2.75) is 45.6 Å². The molecule has 0 aromatic carbocycles. The van der Waals surface area contributed by atoms with Gasteiger partial charge in [0.2, 0.25) is 5.91 Å². The molecule has 0 atom stereocenters. The molecule has 100 valence electrons. The van der Waals surface area contributed by atoms with Gasteiger partial charge in [-0.1, -0.05) is 13.8 Å².